The van der Waals surface area contributed by atoms with E-state index in [1.165, 1.54) is 54.1 Å². The Morgan fingerprint density at radius 3 is 2.67 bits per heavy atom. The number of thioether (sulfide) groups is 2. The second-order valence-electron chi connectivity index (χ2n) is 7.56. The van der Waals surface area contributed by atoms with Crippen LogP contribution in [0.15, 0.2) is 46.5 Å². The number of amides is 2. The predicted octanol–water partition coefficient (Wildman–Crippen LogP) is 3.56. The van der Waals surface area contributed by atoms with Gasteiger partial charge in [-0.25, -0.2) is 4.79 Å². The van der Waals surface area contributed by atoms with E-state index in [0.29, 0.717) is 16.9 Å². The van der Waals surface area contributed by atoms with Crippen LogP contribution >= 0.6 is 23.5 Å². The van der Waals surface area contributed by atoms with Gasteiger partial charge in [-0.1, -0.05) is 25.6 Å². The summed E-state index contributed by atoms with van der Waals surface area (Å²) in [4.78, 5) is 49.5. The van der Waals surface area contributed by atoms with Crippen molar-refractivity contribution in [2.45, 2.75) is 45.1 Å². The van der Waals surface area contributed by atoms with Crippen molar-refractivity contribution in [2.24, 2.45) is 5.92 Å². The Morgan fingerprint density at radius 1 is 1.36 bits per heavy atom. The first-order chi connectivity index (χ1) is 15.7. The van der Waals surface area contributed by atoms with E-state index in [9.17, 15) is 24.5 Å². The third kappa shape index (κ3) is 5.59. The fourth-order valence-corrected chi connectivity index (χ4v) is 5.77. The summed E-state index contributed by atoms with van der Waals surface area (Å²) in [5, 5.41) is 15.2. The number of nitrogens with zero attached hydrogens (tertiary/aromatic N) is 2. The van der Waals surface area contributed by atoms with E-state index in [1.54, 1.807) is 17.2 Å². The molecular weight excluding hydrogens is 466 g/mol. The number of carbonyl (C=O) groups is 3. The van der Waals surface area contributed by atoms with Crippen LogP contribution < -0.4 is 5.32 Å². The average Bonchev–Trinajstić information content (AvgIpc) is 3.09. The van der Waals surface area contributed by atoms with Crippen molar-refractivity contribution in [2.75, 3.05) is 5.75 Å². The summed E-state index contributed by atoms with van der Waals surface area (Å²) < 4.78 is 5.46. The summed E-state index contributed by atoms with van der Waals surface area (Å²) in [5.41, 5.74) is 0.784. The lowest BCUT2D eigenvalue weighted by Gasteiger charge is -2.46. The lowest BCUT2D eigenvalue weighted by molar-refractivity contribution is -0.384. The second kappa shape index (κ2) is 10.9. The number of non-ortho nitro benzene ring substituents is 1. The van der Waals surface area contributed by atoms with E-state index in [0.717, 1.165) is 5.75 Å². The minimum absolute atomic E-state index is 0.0488. The van der Waals surface area contributed by atoms with E-state index in [4.69, 9.17) is 4.74 Å². The van der Waals surface area contributed by atoms with Gasteiger partial charge in [-0.05, 0) is 28.9 Å². The van der Waals surface area contributed by atoms with Crippen molar-refractivity contribution >= 4 is 47.0 Å². The van der Waals surface area contributed by atoms with Crippen LogP contribution in [0.25, 0.3) is 0 Å². The molecule has 1 N–H and O–H groups in total. The van der Waals surface area contributed by atoms with Gasteiger partial charge in [0.1, 0.15) is 12.3 Å². The van der Waals surface area contributed by atoms with Crippen molar-refractivity contribution in [3.63, 3.8) is 0 Å². The topological polar surface area (TPSA) is 119 Å². The quantitative estimate of drug-likeness (QED) is 0.228. The molecule has 2 aliphatic heterocycles. The number of nitrogens with one attached hydrogen (secondary N) is 1. The molecule has 2 heterocycles. The molecule has 0 bridgehead atoms. The van der Waals surface area contributed by atoms with Crippen molar-refractivity contribution < 1.29 is 24.0 Å². The number of rotatable bonds is 10. The summed E-state index contributed by atoms with van der Waals surface area (Å²) >= 11 is 2.99. The van der Waals surface area contributed by atoms with Crippen molar-refractivity contribution in [1.29, 1.82) is 0 Å². The number of nitro benzene ring substituents is 1. The summed E-state index contributed by atoms with van der Waals surface area (Å²) in [6.45, 7) is 5.40. The van der Waals surface area contributed by atoms with Crippen LogP contribution in [0.3, 0.4) is 0 Å². The van der Waals surface area contributed by atoms with Gasteiger partial charge in [0.05, 0.1) is 16.9 Å². The largest absolute Gasteiger partial charge is 0.456 e. The molecule has 1 aromatic carbocycles. The summed E-state index contributed by atoms with van der Waals surface area (Å²) in [6, 6.07) is 5.65. The van der Waals surface area contributed by atoms with E-state index >= 15 is 0 Å². The maximum absolute atomic E-state index is 13.0. The lowest BCUT2D eigenvalue weighted by atomic mass is 9.85. The Morgan fingerprint density at radius 2 is 2.06 bits per heavy atom. The standard InChI is InChI=1S/C22H25N3O6S2/c1-4-32-13(2)19-17-11-18(33-10-9-23-14(3)26)20(24(17)21(19)27)22(28)31-12-15-5-7-16(8-6-15)25(29)30/h5-10,13,17,19H,4,11-12H2,1-3H3,(H,23,26)/t13-,17-,19-/m1/s1. The predicted molar refractivity (Wildman–Crippen MR) is 127 cm³/mol. The third-order valence-electron chi connectivity index (χ3n) is 5.38. The van der Waals surface area contributed by atoms with Gasteiger partial charge in [0.2, 0.25) is 11.8 Å². The lowest BCUT2D eigenvalue weighted by Crippen LogP contribution is -2.61. The van der Waals surface area contributed by atoms with Crippen LogP contribution in [0.5, 0.6) is 0 Å². The molecular formula is C22H25N3O6S2. The third-order valence-corrected chi connectivity index (χ3v) is 7.45. The smallest absolute Gasteiger partial charge is 0.356 e. The molecule has 2 amide bonds. The Bertz CT molecular complexity index is 1010. The van der Waals surface area contributed by atoms with E-state index in [-0.39, 0.29) is 47.0 Å². The fraction of sp³-hybridized carbons (Fsp3) is 0.409. The molecule has 9 nitrogen and oxygen atoms in total. The van der Waals surface area contributed by atoms with Gasteiger partial charge in [-0.3, -0.25) is 19.7 Å². The monoisotopic (exact) mass is 491 g/mol. The molecule has 1 saturated heterocycles. The molecule has 33 heavy (non-hydrogen) atoms. The van der Waals surface area contributed by atoms with Crippen molar-refractivity contribution in [3.8, 4) is 0 Å². The second-order valence-corrected chi connectivity index (χ2v) is 10.2. The molecule has 176 valence electrons. The maximum atomic E-state index is 13.0. The fourth-order valence-electron chi connectivity index (χ4n) is 3.88. The highest BCUT2D eigenvalue weighted by Crippen LogP contribution is 2.49. The number of nitro groups is 1. The van der Waals surface area contributed by atoms with Crippen molar-refractivity contribution in [1.82, 2.24) is 10.2 Å². The zero-order valence-electron chi connectivity index (χ0n) is 18.5. The normalized spacial score (nSPS) is 20.5. The molecule has 3 atom stereocenters. The first kappa shape index (κ1) is 24.8. The van der Waals surface area contributed by atoms with Crippen LogP contribution in [0.4, 0.5) is 5.69 Å². The number of esters is 1. The van der Waals surface area contributed by atoms with Gasteiger partial charge < -0.3 is 15.0 Å². The first-order valence-corrected chi connectivity index (χ1v) is 12.3. The van der Waals surface area contributed by atoms with Crippen LogP contribution in [0, 0.1) is 16.0 Å². The Kier molecular flexibility index (Phi) is 8.20. The molecule has 3 rings (SSSR count). The number of hydrogen-bond acceptors (Lipinski definition) is 8. The van der Waals surface area contributed by atoms with Gasteiger partial charge in [0, 0.05) is 41.8 Å². The Hall–Kier alpha value is -2.79. The van der Waals surface area contributed by atoms with Crippen LogP contribution in [-0.2, 0) is 25.7 Å². The highest BCUT2D eigenvalue weighted by molar-refractivity contribution is 8.05. The minimum Gasteiger partial charge on any atom is -0.456 e. The number of β-lactam (4-membered cyclic amide) rings is 1. The van der Waals surface area contributed by atoms with Gasteiger partial charge in [-0.2, -0.15) is 11.8 Å². The van der Waals surface area contributed by atoms with E-state index in [1.807, 2.05) is 13.8 Å². The zero-order chi connectivity index (χ0) is 24.1. The van der Waals surface area contributed by atoms with Crippen LogP contribution in [0.2, 0.25) is 0 Å². The Balaban J connectivity index is 1.74. The summed E-state index contributed by atoms with van der Waals surface area (Å²) in [6.07, 6.45) is 2.03. The average molecular weight is 492 g/mol. The van der Waals surface area contributed by atoms with Gasteiger partial charge in [-0.15, -0.1) is 0 Å². The summed E-state index contributed by atoms with van der Waals surface area (Å²) in [7, 11) is 0. The number of ether oxygens (including phenoxy) is 1. The van der Waals surface area contributed by atoms with E-state index < -0.39 is 10.9 Å². The highest BCUT2D eigenvalue weighted by Gasteiger charge is 2.57. The number of carbonyl (C=O) groups excluding carboxylic acids is 3. The molecule has 0 spiro atoms. The number of benzene rings is 1. The van der Waals surface area contributed by atoms with Crippen molar-refractivity contribution in [3.05, 3.63) is 62.2 Å². The minimum atomic E-state index is -0.617. The molecule has 1 fully saturated rings. The van der Waals surface area contributed by atoms with Crippen LogP contribution in [0.1, 0.15) is 32.8 Å². The number of fused-ring (bicyclic) bond motifs is 1. The summed E-state index contributed by atoms with van der Waals surface area (Å²) in [5.74, 6) is -0.175. The van der Waals surface area contributed by atoms with Gasteiger partial charge >= 0.3 is 5.97 Å². The molecule has 2 aliphatic rings. The van der Waals surface area contributed by atoms with Gasteiger partial charge in [0.25, 0.3) is 5.69 Å². The molecule has 1 aromatic rings. The highest BCUT2D eigenvalue weighted by atomic mass is 32.2. The molecule has 0 aromatic heterocycles. The maximum Gasteiger partial charge on any atom is 0.356 e. The number of hydrogen-bond donors (Lipinski definition) is 1. The van der Waals surface area contributed by atoms with Crippen LogP contribution in [-0.4, -0.2) is 44.7 Å². The SMILES string of the molecule is CCS[C@H](C)[C@H]1C(=O)N2C(C(=O)OCc3ccc([N+](=O)[O-])cc3)=C(SC=CNC(C)=O)C[C@H]12. The van der Waals surface area contributed by atoms with Gasteiger partial charge in [0.15, 0.2) is 0 Å². The van der Waals surface area contributed by atoms with E-state index in [2.05, 4.69) is 5.32 Å². The molecule has 0 radical (unpaired) electrons. The Labute approximate surface area is 200 Å². The zero-order valence-corrected chi connectivity index (χ0v) is 20.1. The first-order valence-electron chi connectivity index (χ1n) is 10.4. The molecule has 11 heteroatoms. The molecule has 0 saturated carbocycles. The molecule has 0 aliphatic carbocycles. The molecule has 0 unspecified atom stereocenters.